The molecule has 29 heavy (non-hydrogen) atoms. The molecule has 1 aliphatic rings. The average Bonchev–Trinajstić information content (AvgIpc) is 3.52. The van der Waals surface area contributed by atoms with Crippen LogP contribution in [0.3, 0.4) is 0 Å². The quantitative estimate of drug-likeness (QED) is 0.595. The first-order valence-electron chi connectivity index (χ1n) is 8.93. The first-order chi connectivity index (χ1) is 14.2. The number of hydrazone groups is 1. The molecule has 0 N–H and O–H groups in total. The Hall–Kier alpha value is -3.81. The van der Waals surface area contributed by atoms with Gasteiger partial charge in [0.15, 0.2) is 6.61 Å². The highest BCUT2D eigenvalue weighted by molar-refractivity contribution is 6.03. The van der Waals surface area contributed by atoms with E-state index in [1.807, 2.05) is 24.3 Å². The van der Waals surface area contributed by atoms with E-state index in [4.69, 9.17) is 18.3 Å². The van der Waals surface area contributed by atoms with E-state index >= 15 is 0 Å². The maximum Gasteiger partial charge on any atom is 0.374 e. The number of hydrogen-bond donors (Lipinski definition) is 0. The lowest BCUT2D eigenvalue weighted by atomic mass is 10.0. The Balaban J connectivity index is 1.52. The summed E-state index contributed by atoms with van der Waals surface area (Å²) in [6.45, 7) is -0.462. The summed E-state index contributed by atoms with van der Waals surface area (Å²) >= 11 is 0. The molecule has 0 saturated heterocycles. The minimum Gasteiger partial charge on any atom is -0.497 e. The van der Waals surface area contributed by atoms with Crippen molar-refractivity contribution in [1.82, 2.24) is 5.01 Å². The zero-order valence-corrected chi connectivity index (χ0v) is 15.6. The third kappa shape index (κ3) is 3.91. The average molecular weight is 394 g/mol. The molecule has 0 spiro atoms. The van der Waals surface area contributed by atoms with E-state index in [1.54, 1.807) is 31.6 Å². The largest absolute Gasteiger partial charge is 0.497 e. The van der Waals surface area contributed by atoms with Crippen molar-refractivity contribution in [3.8, 4) is 5.75 Å². The van der Waals surface area contributed by atoms with Gasteiger partial charge in [0.25, 0.3) is 5.91 Å². The molecule has 3 heterocycles. The molecule has 3 aromatic rings. The van der Waals surface area contributed by atoms with Crippen molar-refractivity contribution in [2.45, 2.75) is 12.5 Å². The predicted molar refractivity (Wildman–Crippen MR) is 101 cm³/mol. The molecule has 0 saturated carbocycles. The van der Waals surface area contributed by atoms with Gasteiger partial charge in [-0.05, 0) is 54.1 Å². The molecule has 0 bridgehead atoms. The number of methoxy groups -OCH3 is 1. The summed E-state index contributed by atoms with van der Waals surface area (Å²) < 4.78 is 20.7. The van der Waals surface area contributed by atoms with Gasteiger partial charge in [0, 0.05) is 6.42 Å². The monoisotopic (exact) mass is 394 g/mol. The molecule has 8 heteroatoms. The second-order valence-electron chi connectivity index (χ2n) is 6.30. The molecule has 1 aliphatic heterocycles. The van der Waals surface area contributed by atoms with Crippen molar-refractivity contribution in [2.24, 2.45) is 5.10 Å². The van der Waals surface area contributed by atoms with E-state index in [9.17, 15) is 9.59 Å². The number of hydrogen-bond acceptors (Lipinski definition) is 7. The third-order valence-electron chi connectivity index (χ3n) is 4.51. The van der Waals surface area contributed by atoms with Crippen LogP contribution in [0.1, 0.15) is 34.3 Å². The van der Waals surface area contributed by atoms with Crippen LogP contribution in [0.2, 0.25) is 0 Å². The Morgan fingerprint density at radius 1 is 1.10 bits per heavy atom. The van der Waals surface area contributed by atoms with Crippen LogP contribution < -0.4 is 4.74 Å². The first kappa shape index (κ1) is 18.5. The molecular weight excluding hydrogens is 376 g/mol. The first-order valence-corrected chi connectivity index (χ1v) is 8.93. The van der Waals surface area contributed by atoms with E-state index in [0.717, 1.165) is 17.0 Å². The summed E-state index contributed by atoms with van der Waals surface area (Å²) in [5.74, 6) is 0.186. The molecule has 4 rings (SSSR count). The highest BCUT2D eigenvalue weighted by Gasteiger charge is 2.35. The number of amides is 1. The van der Waals surface area contributed by atoms with E-state index in [2.05, 4.69) is 5.10 Å². The van der Waals surface area contributed by atoms with Crippen LogP contribution in [-0.4, -0.2) is 36.3 Å². The fraction of sp³-hybridized carbons (Fsp3) is 0.190. The van der Waals surface area contributed by atoms with Crippen LogP contribution >= 0.6 is 0 Å². The summed E-state index contributed by atoms with van der Waals surface area (Å²) in [6, 6.07) is 13.6. The lowest BCUT2D eigenvalue weighted by Gasteiger charge is -2.19. The second-order valence-corrected chi connectivity index (χ2v) is 6.30. The SMILES string of the molecule is COc1ccc(C2=NN(C(=O)COC(=O)c3ccco3)[C@@H](c3ccco3)C2)cc1. The van der Waals surface area contributed by atoms with Crippen molar-refractivity contribution < 1.29 is 27.9 Å². The number of nitrogens with zero attached hydrogens (tertiary/aromatic N) is 2. The van der Waals surface area contributed by atoms with Gasteiger partial charge >= 0.3 is 5.97 Å². The summed E-state index contributed by atoms with van der Waals surface area (Å²) in [6.07, 6.45) is 3.37. The zero-order chi connectivity index (χ0) is 20.2. The number of benzene rings is 1. The maximum atomic E-state index is 12.8. The van der Waals surface area contributed by atoms with Crippen LogP contribution in [0.15, 0.2) is 75.0 Å². The lowest BCUT2D eigenvalue weighted by Crippen LogP contribution is -2.31. The highest BCUT2D eigenvalue weighted by atomic mass is 16.5. The van der Waals surface area contributed by atoms with Gasteiger partial charge in [-0.3, -0.25) is 4.79 Å². The molecule has 0 aliphatic carbocycles. The van der Waals surface area contributed by atoms with Crippen molar-refractivity contribution in [3.05, 3.63) is 78.1 Å². The smallest absolute Gasteiger partial charge is 0.374 e. The molecular formula is C21H18N2O6. The Labute approximate surface area is 166 Å². The van der Waals surface area contributed by atoms with Gasteiger partial charge in [-0.1, -0.05) is 0 Å². The zero-order valence-electron chi connectivity index (χ0n) is 15.6. The highest BCUT2D eigenvalue weighted by Crippen LogP contribution is 2.33. The van der Waals surface area contributed by atoms with Crippen LogP contribution in [-0.2, 0) is 9.53 Å². The number of esters is 1. The Bertz CT molecular complexity index is 1010. The van der Waals surface area contributed by atoms with E-state index in [1.165, 1.54) is 17.3 Å². The van der Waals surface area contributed by atoms with E-state index in [0.29, 0.717) is 12.2 Å². The van der Waals surface area contributed by atoms with Crippen molar-refractivity contribution in [1.29, 1.82) is 0 Å². The minimum absolute atomic E-state index is 0.0317. The fourth-order valence-corrected chi connectivity index (χ4v) is 3.06. The molecule has 0 fully saturated rings. The van der Waals surface area contributed by atoms with Gasteiger partial charge in [0.2, 0.25) is 5.76 Å². The van der Waals surface area contributed by atoms with Crippen molar-refractivity contribution in [2.75, 3.05) is 13.7 Å². The van der Waals surface area contributed by atoms with Crippen LogP contribution in [0.4, 0.5) is 0 Å². The van der Waals surface area contributed by atoms with Gasteiger partial charge in [-0.15, -0.1) is 0 Å². The van der Waals surface area contributed by atoms with Crippen LogP contribution in [0.25, 0.3) is 0 Å². The minimum atomic E-state index is -0.712. The number of furan rings is 2. The van der Waals surface area contributed by atoms with Gasteiger partial charge in [-0.25, -0.2) is 9.80 Å². The van der Waals surface area contributed by atoms with E-state index < -0.39 is 24.5 Å². The molecule has 1 aromatic carbocycles. The van der Waals surface area contributed by atoms with Crippen molar-refractivity contribution >= 4 is 17.6 Å². The Morgan fingerprint density at radius 2 is 1.86 bits per heavy atom. The van der Waals surface area contributed by atoms with E-state index in [-0.39, 0.29) is 5.76 Å². The molecule has 0 radical (unpaired) electrons. The fourth-order valence-electron chi connectivity index (χ4n) is 3.06. The maximum absolute atomic E-state index is 12.8. The topological polar surface area (TPSA) is 94.5 Å². The predicted octanol–water partition coefficient (Wildman–Crippen LogP) is 3.42. The molecule has 1 atom stereocenters. The normalized spacial score (nSPS) is 15.8. The van der Waals surface area contributed by atoms with Gasteiger partial charge in [0.1, 0.15) is 17.6 Å². The van der Waals surface area contributed by atoms with Gasteiger partial charge in [0.05, 0.1) is 25.3 Å². The Morgan fingerprint density at radius 3 is 2.52 bits per heavy atom. The van der Waals surface area contributed by atoms with Crippen LogP contribution in [0.5, 0.6) is 5.75 Å². The number of rotatable bonds is 6. The van der Waals surface area contributed by atoms with Crippen LogP contribution in [0, 0.1) is 0 Å². The van der Waals surface area contributed by atoms with Gasteiger partial charge in [-0.2, -0.15) is 5.10 Å². The molecule has 0 unspecified atom stereocenters. The number of carbonyl (C=O) groups is 2. The number of ether oxygens (including phenoxy) is 2. The van der Waals surface area contributed by atoms with Crippen molar-refractivity contribution in [3.63, 3.8) is 0 Å². The second kappa shape index (κ2) is 8.05. The summed E-state index contributed by atoms with van der Waals surface area (Å²) in [5.41, 5.74) is 1.59. The molecule has 148 valence electrons. The summed E-state index contributed by atoms with van der Waals surface area (Å²) in [5, 5.41) is 5.78. The summed E-state index contributed by atoms with van der Waals surface area (Å²) in [4.78, 5) is 24.7. The molecule has 8 nitrogen and oxygen atoms in total. The van der Waals surface area contributed by atoms with Gasteiger partial charge < -0.3 is 18.3 Å². The third-order valence-corrected chi connectivity index (χ3v) is 4.51. The summed E-state index contributed by atoms with van der Waals surface area (Å²) in [7, 11) is 1.60. The standard InChI is InChI=1S/C21H18N2O6/c1-26-15-8-6-14(7-9-15)16-12-17(18-4-2-10-27-18)23(22-16)20(24)13-29-21(25)19-5-3-11-28-19/h2-11,17H,12-13H2,1H3/t17-/m1/s1. The number of carbonyl (C=O) groups excluding carboxylic acids is 2. The Kier molecular flexibility index (Phi) is 5.15. The molecule has 2 aromatic heterocycles. The molecule has 1 amide bonds. The lowest BCUT2D eigenvalue weighted by molar-refractivity contribution is -0.136.